The fourth-order valence-electron chi connectivity index (χ4n) is 3.12. The lowest BCUT2D eigenvalue weighted by molar-refractivity contribution is -0.135. The van der Waals surface area contributed by atoms with Crippen LogP contribution in [0.3, 0.4) is 0 Å². The maximum absolute atomic E-state index is 13.2. The van der Waals surface area contributed by atoms with Gasteiger partial charge in [-0.2, -0.15) is 5.10 Å². The van der Waals surface area contributed by atoms with Crippen molar-refractivity contribution in [1.29, 1.82) is 0 Å². The molecular weight excluding hydrogens is 278 g/mol. The first-order chi connectivity index (χ1) is 10.0. The van der Waals surface area contributed by atoms with Gasteiger partial charge in [-0.15, -0.1) is 0 Å². The molecule has 2 aliphatic heterocycles. The second kappa shape index (κ2) is 5.71. The highest BCUT2D eigenvalue weighted by molar-refractivity contribution is 5.82. The Morgan fingerprint density at radius 2 is 2.14 bits per heavy atom. The standard InChI is InChI=1S/C14H20F2N4O/c15-14(16)8-12(17-10-14)13(21)19-6-2-11(3-7-19)9-20-5-1-4-18-20/h1,4-5,11-12,17H,2-3,6-10H2. The molecule has 21 heavy (non-hydrogen) atoms. The molecule has 2 fully saturated rings. The number of alkyl halides is 2. The largest absolute Gasteiger partial charge is 0.341 e. The van der Waals surface area contributed by atoms with Crippen LogP contribution in [-0.2, 0) is 11.3 Å². The third-order valence-corrected chi connectivity index (χ3v) is 4.34. The van der Waals surface area contributed by atoms with E-state index in [9.17, 15) is 13.6 Å². The minimum Gasteiger partial charge on any atom is -0.341 e. The SMILES string of the molecule is O=C(C1CC(F)(F)CN1)N1CCC(Cn2cccn2)CC1. The van der Waals surface area contributed by atoms with E-state index >= 15 is 0 Å². The smallest absolute Gasteiger partial charge is 0.262 e. The zero-order valence-electron chi connectivity index (χ0n) is 11.8. The minimum atomic E-state index is -2.75. The molecule has 0 aliphatic carbocycles. The summed E-state index contributed by atoms with van der Waals surface area (Å²) >= 11 is 0. The summed E-state index contributed by atoms with van der Waals surface area (Å²) in [6, 6.07) is 1.17. The van der Waals surface area contributed by atoms with Gasteiger partial charge in [-0.1, -0.05) is 0 Å². The summed E-state index contributed by atoms with van der Waals surface area (Å²) in [6.07, 6.45) is 5.11. The van der Waals surface area contributed by atoms with E-state index in [1.54, 1.807) is 11.1 Å². The van der Waals surface area contributed by atoms with Crippen molar-refractivity contribution in [3.63, 3.8) is 0 Å². The number of halogens is 2. The summed E-state index contributed by atoms with van der Waals surface area (Å²) in [7, 11) is 0. The van der Waals surface area contributed by atoms with Crippen LogP contribution in [0.5, 0.6) is 0 Å². The van der Waals surface area contributed by atoms with Crippen LogP contribution in [0.25, 0.3) is 0 Å². The highest BCUT2D eigenvalue weighted by Crippen LogP contribution is 2.27. The molecule has 7 heteroatoms. The molecular formula is C14H20F2N4O. The van der Waals surface area contributed by atoms with Crippen molar-refractivity contribution in [3.05, 3.63) is 18.5 Å². The van der Waals surface area contributed by atoms with E-state index in [1.807, 2.05) is 16.9 Å². The second-order valence-corrected chi connectivity index (χ2v) is 5.99. The third kappa shape index (κ3) is 3.40. The molecule has 0 radical (unpaired) electrons. The summed E-state index contributed by atoms with van der Waals surface area (Å²) in [5, 5.41) is 6.82. The van der Waals surface area contributed by atoms with Crippen molar-refractivity contribution in [1.82, 2.24) is 20.0 Å². The Labute approximate surface area is 122 Å². The molecule has 2 aliphatic rings. The highest BCUT2D eigenvalue weighted by Gasteiger charge is 2.43. The molecule has 2 saturated heterocycles. The van der Waals surface area contributed by atoms with Crippen molar-refractivity contribution in [3.8, 4) is 0 Å². The lowest BCUT2D eigenvalue weighted by Gasteiger charge is -2.33. The fourth-order valence-corrected chi connectivity index (χ4v) is 3.12. The highest BCUT2D eigenvalue weighted by atomic mass is 19.3. The van der Waals surface area contributed by atoms with Gasteiger partial charge in [0.2, 0.25) is 5.91 Å². The van der Waals surface area contributed by atoms with Gasteiger partial charge >= 0.3 is 0 Å². The van der Waals surface area contributed by atoms with Gasteiger partial charge in [0, 0.05) is 38.4 Å². The number of aromatic nitrogens is 2. The van der Waals surface area contributed by atoms with E-state index in [0.717, 1.165) is 19.4 Å². The van der Waals surface area contributed by atoms with E-state index < -0.39 is 12.0 Å². The van der Waals surface area contributed by atoms with Crippen molar-refractivity contribution in [2.45, 2.75) is 37.8 Å². The van der Waals surface area contributed by atoms with Crippen LogP contribution >= 0.6 is 0 Å². The van der Waals surface area contributed by atoms with Crippen molar-refractivity contribution in [2.24, 2.45) is 5.92 Å². The average molecular weight is 298 g/mol. The average Bonchev–Trinajstić information content (AvgIpc) is 3.08. The Kier molecular flexibility index (Phi) is 3.93. The van der Waals surface area contributed by atoms with Gasteiger partial charge in [0.25, 0.3) is 5.92 Å². The minimum absolute atomic E-state index is 0.176. The molecule has 3 heterocycles. The number of hydrogen-bond acceptors (Lipinski definition) is 3. The lowest BCUT2D eigenvalue weighted by atomic mass is 9.96. The van der Waals surface area contributed by atoms with E-state index in [1.165, 1.54) is 0 Å². The first-order valence-corrected chi connectivity index (χ1v) is 7.41. The third-order valence-electron chi connectivity index (χ3n) is 4.34. The maximum Gasteiger partial charge on any atom is 0.262 e. The van der Waals surface area contributed by atoms with Gasteiger partial charge in [-0.3, -0.25) is 14.8 Å². The molecule has 0 bridgehead atoms. The van der Waals surface area contributed by atoms with Gasteiger partial charge in [-0.05, 0) is 24.8 Å². The Bertz CT molecular complexity index is 483. The molecule has 0 aromatic carbocycles. The Hall–Kier alpha value is -1.50. The van der Waals surface area contributed by atoms with E-state index in [0.29, 0.717) is 19.0 Å². The predicted octanol–water partition coefficient (Wildman–Crippen LogP) is 1.12. The molecule has 1 unspecified atom stereocenters. The van der Waals surface area contributed by atoms with Gasteiger partial charge < -0.3 is 4.90 Å². The molecule has 1 N–H and O–H groups in total. The first-order valence-electron chi connectivity index (χ1n) is 7.41. The van der Waals surface area contributed by atoms with Crippen LogP contribution in [0.4, 0.5) is 8.78 Å². The van der Waals surface area contributed by atoms with Crippen LogP contribution in [0.1, 0.15) is 19.3 Å². The van der Waals surface area contributed by atoms with Crippen LogP contribution in [0.15, 0.2) is 18.5 Å². The van der Waals surface area contributed by atoms with E-state index in [2.05, 4.69) is 10.4 Å². The molecule has 5 nitrogen and oxygen atoms in total. The number of carbonyl (C=O) groups is 1. The summed E-state index contributed by atoms with van der Waals surface area (Å²) in [4.78, 5) is 13.9. The number of amides is 1. The zero-order chi connectivity index (χ0) is 14.9. The first kappa shape index (κ1) is 14.4. The predicted molar refractivity (Wildman–Crippen MR) is 72.9 cm³/mol. The molecule has 116 valence electrons. The summed E-state index contributed by atoms with van der Waals surface area (Å²) in [5.74, 6) is -2.43. The normalized spacial score (nSPS) is 26.2. The Morgan fingerprint density at radius 1 is 1.38 bits per heavy atom. The molecule has 3 rings (SSSR count). The fraction of sp³-hybridized carbons (Fsp3) is 0.714. The van der Waals surface area contributed by atoms with Gasteiger partial charge in [0.1, 0.15) is 0 Å². The van der Waals surface area contributed by atoms with Gasteiger partial charge in [0.05, 0.1) is 12.6 Å². The lowest BCUT2D eigenvalue weighted by Crippen LogP contribution is -2.47. The summed E-state index contributed by atoms with van der Waals surface area (Å²) < 4.78 is 28.2. The quantitative estimate of drug-likeness (QED) is 0.910. The number of nitrogens with zero attached hydrogens (tertiary/aromatic N) is 3. The molecule has 0 spiro atoms. The number of likely N-dealkylation sites (tertiary alicyclic amines) is 1. The number of piperidine rings is 1. The van der Waals surface area contributed by atoms with Gasteiger partial charge in [0.15, 0.2) is 0 Å². The Balaban J connectivity index is 1.48. The number of hydrogen-bond donors (Lipinski definition) is 1. The summed E-state index contributed by atoms with van der Waals surface area (Å²) in [6.45, 7) is 1.76. The van der Waals surface area contributed by atoms with Crippen molar-refractivity contribution < 1.29 is 13.6 Å². The van der Waals surface area contributed by atoms with Crippen molar-refractivity contribution >= 4 is 5.91 Å². The Morgan fingerprint density at radius 3 is 2.71 bits per heavy atom. The van der Waals surface area contributed by atoms with Gasteiger partial charge in [-0.25, -0.2) is 8.78 Å². The van der Waals surface area contributed by atoms with Crippen LogP contribution in [0, 0.1) is 5.92 Å². The molecule has 1 atom stereocenters. The second-order valence-electron chi connectivity index (χ2n) is 5.99. The van der Waals surface area contributed by atoms with E-state index in [-0.39, 0.29) is 18.9 Å². The zero-order valence-corrected chi connectivity index (χ0v) is 11.8. The van der Waals surface area contributed by atoms with Crippen LogP contribution in [-0.4, -0.2) is 52.2 Å². The topological polar surface area (TPSA) is 50.2 Å². The molecule has 0 saturated carbocycles. The molecule has 1 aromatic rings. The molecule has 1 aromatic heterocycles. The maximum atomic E-state index is 13.2. The molecule has 1 amide bonds. The number of nitrogens with one attached hydrogen (secondary N) is 1. The monoisotopic (exact) mass is 298 g/mol. The number of rotatable bonds is 3. The van der Waals surface area contributed by atoms with E-state index in [4.69, 9.17) is 0 Å². The summed E-state index contributed by atoms with van der Waals surface area (Å²) in [5.41, 5.74) is 0. The number of carbonyl (C=O) groups excluding carboxylic acids is 1. The van der Waals surface area contributed by atoms with Crippen molar-refractivity contribution in [2.75, 3.05) is 19.6 Å². The van der Waals surface area contributed by atoms with Crippen LogP contribution < -0.4 is 5.32 Å². The van der Waals surface area contributed by atoms with Crippen LogP contribution in [0.2, 0.25) is 0 Å².